The molecule has 2 heterocycles. The first-order valence-electron chi connectivity index (χ1n) is 4.85. The third-order valence-electron chi connectivity index (χ3n) is 2.64. The fourth-order valence-electron chi connectivity index (χ4n) is 1.85. The van der Waals surface area contributed by atoms with E-state index in [1.54, 1.807) is 7.11 Å². The molecule has 0 radical (unpaired) electrons. The maximum Gasteiger partial charge on any atom is 0.318 e. The Morgan fingerprint density at radius 2 is 2.14 bits per heavy atom. The van der Waals surface area contributed by atoms with Crippen LogP contribution in [-0.2, 0) is 6.42 Å². The van der Waals surface area contributed by atoms with Crippen molar-refractivity contribution < 1.29 is 4.74 Å². The van der Waals surface area contributed by atoms with Gasteiger partial charge in [-0.25, -0.2) is 4.98 Å². The van der Waals surface area contributed by atoms with Crippen LogP contribution in [0.4, 0.5) is 5.82 Å². The highest BCUT2D eigenvalue weighted by molar-refractivity contribution is 5.51. The maximum atomic E-state index is 5.06. The van der Waals surface area contributed by atoms with Gasteiger partial charge in [0.05, 0.1) is 7.11 Å². The molecule has 1 aliphatic rings. The summed E-state index contributed by atoms with van der Waals surface area (Å²) in [6, 6.07) is 0.468. The molecule has 0 aliphatic carbocycles. The molecule has 1 aromatic heterocycles. The van der Waals surface area contributed by atoms with Crippen LogP contribution in [0.5, 0.6) is 6.01 Å². The van der Waals surface area contributed by atoms with Gasteiger partial charge in [0.2, 0.25) is 0 Å². The minimum Gasteiger partial charge on any atom is -0.467 e. The summed E-state index contributed by atoms with van der Waals surface area (Å²) in [6.45, 7) is 3.08. The van der Waals surface area contributed by atoms with Gasteiger partial charge in [0, 0.05) is 24.8 Å². The van der Waals surface area contributed by atoms with Crippen LogP contribution in [-0.4, -0.2) is 30.7 Å². The molecule has 4 heteroatoms. The molecule has 0 N–H and O–H groups in total. The molecule has 2 rings (SSSR count). The Hall–Kier alpha value is -1.32. The van der Waals surface area contributed by atoms with Crippen LogP contribution in [0.1, 0.15) is 17.7 Å². The van der Waals surface area contributed by atoms with Crippen molar-refractivity contribution in [2.45, 2.75) is 19.8 Å². The molecule has 76 valence electrons. The zero-order chi connectivity index (χ0) is 10.1. The van der Waals surface area contributed by atoms with Gasteiger partial charge in [-0.15, -0.1) is 0 Å². The Balaban J connectivity index is 2.51. The number of nitrogens with zero attached hydrogens (tertiary/aromatic N) is 3. The second kappa shape index (κ2) is 3.44. The molecule has 0 atom stereocenters. The van der Waals surface area contributed by atoms with Crippen LogP contribution in [0.2, 0.25) is 0 Å². The standard InChI is InChI=1S/C10H15N3O/c1-7-8-5-4-6-13(2)9(8)12-10(11-7)14-3/h4-6H2,1-3H3. The van der Waals surface area contributed by atoms with Gasteiger partial charge in [0.15, 0.2) is 0 Å². The Labute approximate surface area is 83.9 Å². The topological polar surface area (TPSA) is 38.3 Å². The molecule has 0 bridgehead atoms. The number of hydrogen-bond donors (Lipinski definition) is 0. The summed E-state index contributed by atoms with van der Waals surface area (Å²) in [5.74, 6) is 1.03. The molecule has 0 spiro atoms. The van der Waals surface area contributed by atoms with Crippen LogP contribution in [0, 0.1) is 6.92 Å². The van der Waals surface area contributed by atoms with Crippen molar-refractivity contribution in [3.63, 3.8) is 0 Å². The summed E-state index contributed by atoms with van der Waals surface area (Å²) in [5.41, 5.74) is 2.30. The van der Waals surface area contributed by atoms with Gasteiger partial charge in [-0.3, -0.25) is 0 Å². The number of anilines is 1. The lowest BCUT2D eigenvalue weighted by molar-refractivity contribution is 0.377. The Morgan fingerprint density at radius 3 is 2.86 bits per heavy atom. The molecule has 1 aromatic rings. The highest BCUT2D eigenvalue weighted by Gasteiger charge is 2.19. The molecular formula is C10H15N3O. The van der Waals surface area contributed by atoms with E-state index < -0.39 is 0 Å². The van der Waals surface area contributed by atoms with Crippen LogP contribution >= 0.6 is 0 Å². The first-order valence-corrected chi connectivity index (χ1v) is 4.85. The number of fused-ring (bicyclic) bond motifs is 1. The smallest absolute Gasteiger partial charge is 0.318 e. The van der Waals surface area contributed by atoms with Crippen molar-refractivity contribution in [3.8, 4) is 6.01 Å². The number of ether oxygens (including phenoxy) is 1. The zero-order valence-corrected chi connectivity index (χ0v) is 8.87. The number of aryl methyl sites for hydroxylation is 1. The lowest BCUT2D eigenvalue weighted by atomic mass is 10.0. The average molecular weight is 193 g/mol. The van der Waals surface area contributed by atoms with E-state index in [0.29, 0.717) is 6.01 Å². The Bertz CT molecular complexity index is 351. The number of methoxy groups -OCH3 is 1. The van der Waals surface area contributed by atoms with Gasteiger partial charge in [-0.2, -0.15) is 4.98 Å². The number of hydrogen-bond acceptors (Lipinski definition) is 4. The van der Waals surface area contributed by atoms with Crippen LogP contribution < -0.4 is 9.64 Å². The average Bonchev–Trinajstić information content (AvgIpc) is 2.19. The highest BCUT2D eigenvalue weighted by atomic mass is 16.5. The van der Waals surface area contributed by atoms with Crippen molar-refractivity contribution in [1.82, 2.24) is 9.97 Å². The van der Waals surface area contributed by atoms with E-state index in [9.17, 15) is 0 Å². The highest BCUT2D eigenvalue weighted by Crippen LogP contribution is 2.27. The molecule has 1 aliphatic heterocycles. The third-order valence-corrected chi connectivity index (χ3v) is 2.64. The lowest BCUT2D eigenvalue weighted by Gasteiger charge is -2.26. The quantitative estimate of drug-likeness (QED) is 0.671. The second-order valence-corrected chi connectivity index (χ2v) is 3.62. The van der Waals surface area contributed by atoms with Crippen molar-refractivity contribution in [3.05, 3.63) is 11.3 Å². The van der Waals surface area contributed by atoms with Crippen molar-refractivity contribution in [2.75, 3.05) is 25.6 Å². The molecular weight excluding hydrogens is 178 g/mol. The summed E-state index contributed by atoms with van der Waals surface area (Å²) >= 11 is 0. The normalized spacial score (nSPS) is 15.2. The molecule has 14 heavy (non-hydrogen) atoms. The Morgan fingerprint density at radius 1 is 1.36 bits per heavy atom. The first kappa shape index (κ1) is 9.24. The molecule has 0 amide bonds. The minimum atomic E-state index is 0.468. The SMILES string of the molecule is COc1nc(C)c2c(n1)N(C)CCC2. The van der Waals surface area contributed by atoms with Crippen LogP contribution in [0.15, 0.2) is 0 Å². The molecule has 0 aromatic carbocycles. The van der Waals surface area contributed by atoms with Gasteiger partial charge >= 0.3 is 6.01 Å². The van der Waals surface area contributed by atoms with Crippen molar-refractivity contribution in [1.29, 1.82) is 0 Å². The van der Waals surface area contributed by atoms with E-state index in [1.165, 1.54) is 12.0 Å². The molecule has 0 saturated carbocycles. The fraction of sp³-hybridized carbons (Fsp3) is 0.600. The zero-order valence-electron chi connectivity index (χ0n) is 8.87. The molecule has 0 fully saturated rings. The van der Waals surface area contributed by atoms with Gasteiger partial charge < -0.3 is 9.64 Å². The van der Waals surface area contributed by atoms with Gasteiger partial charge in [0.1, 0.15) is 5.82 Å². The predicted octanol–water partition coefficient (Wildman–Crippen LogP) is 1.18. The fourth-order valence-corrected chi connectivity index (χ4v) is 1.85. The molecule has 0 unspecified atom stereocenters. The van der Waals surface area contributed by atoms with E-state index >= 15 is 0 Å². The first-order chi connectivity index (χ1) is 6.72. The van der Waals surface area contributed by atoms with E-state index in [2.05, 4.69) is 21.9 Å². The van der Waals surface area contributed by atoms with E-state index in [-0.39, 0.29) is 0 Å². The van der Waals surface area contributed by atoms with Gasteiger partial charge in [-0.05, 0) is 19.8 Å². The predicted molar refractivity (Wildman–Crippen MR) is 54.9 cm³/mol. The van der Waals surface area contributed by atoms with E-state index in [1.807, 2.05) is 6.92 Å². The minimum absolute atomic E-state index is 0.468. The van der Waals surface area contributed by atoms with E-state index in [4.69, 9.17) is 4.74 Å². The van der Waals surface area contributed by atoms with Crippen molar-refractivity contribution >= 4 is 5.82 Å². The molecule has 4 nitrogen and oxygen atoms in total. The number of rotatable bonds is 1. The second-order valence-electron chi connectivity index (χ2n) is 3.62. The van der Waals surface area contributed by atoms with Gasteiger partial charge in [0.25, 0.3) is 0 Å². The Kier molecular flexibility index (Phi) is 2.27. The third kappa shape index (κ3) is 1.41. The molecule has 0 saturated heterocycles. The van der Waals surface area contributed by atoms with Gasteiger partial charge in [-0.1, -0.05) is 0 Å². The van der Waals surface area contributed by atoms with Crippen LogP contribution in [0.25, 0.3) is 0 Å². The maximum absolute atomic E-state index is 5.06. The monoisotopic (exact) mass is 193 g/mol. The summed E-state index contributed by atoms with van der Waals surface area (Å²) in [7, 11) is 3.66. The summed E-state index contributed by atoms with van der Waals surface area (Å²) in [4.78, 5) is 10.8. The largest absolute Gasteiger partial charge is 0.467 e. The summed E-state index contributed by atoms with van der Waals surface area (Å²) in [5, 5.41) is 0. The number of aromatic nitrogens is 2. The summed E-state index contributed by atoms with van der Waals surface area (Å²) in [6.07, 6.45) is 2.26. The van der Waals surface area contributed by atoms with Crippen molar-refractivity contribution in [2.24, 2.45) is 0 Å². The van der Waals surface area contributed by atoms with E-state index in [0.717, 1.165) is 24.5 Å². The summed E-state index contributed by atoms with van der Waals surface area (Å²) < 4.78 is 5.06. The van der Waals surface area contributed by atoms with Crippen LogP contribution in [0.3, 0.4) is 0 Å². The lowest BCUT2D eigenvalue weighted by Crippen LogP contribution is -2.27.